The molecule has 11 nitrogen and oxygen atoms in total. The van der Waals surface area contributed by atoms with E-state index >= 15 is 0 Å². The zero-order chi connectivity index (χ0) is 23.8. The first-order valence-electron chi connectivity index (χ1n) is 10.4. The SMILES string of the molecule is CC(C(N)=O)n1cc(-c2nc(C(C)(c3ccc(-c4cnc(N)nc4)nc3)C(C)C)no2)cn1. The van der Waals surface area contributed by atoms with Gasteiger partial charge < -0.3 is 16.0 Å². The molecule has 0 spiro atoms. The van der Waals surface area contributed by atoms with Gasteiger partial charge in [0.25, 0.3) is 5.89 Å². The van der Waals surface area contributed by atoms with Gasteiger partial charge in [-0.25, -0.2) is 9.97 Å². The highest BCUT2D eigenvalue weighted by Gasteiger charge is 2.38. The summed E-state index contributed by atoms with van der Waals surface area (Å²) in [6.07, 6.45) is 8.29. The summed E-state index contributed by atoms with van der Waals surface area (Å²) in [4.78, 5) is 28.7. The number of rotatable bonds is 7. The van der Waals surface area contributed by atoms with Gasteiger partial charge in [-0.1, -0.05) is 25.1 Å². The number of anilines is 1. The first-order valence-corrected chi connectivity index (χ1v) is 10.4. The van der Waals surface area contributed by atoms with Gasteiger partial charge in [0.05, 0.1) is 22.9 Å². The van der Waals surface area contributed by atoms with E-state index in [1.165, 1.54) is 4.68 Å². The number of hydrogen-bond acceptors (Lipinski definition) is 9. The van der Waals surface area contributed by atoms with Crippen LogP contribution in [0.3, 0.4) is 0 Å². The molecule has 0 aromatic carbocycles. The van der Waals surface area contributed by atoms with E-state index in [1.54, 1.807) is 37.9 Å². The quantitative estimate of drug-likeness (QED) is 0.432. The lowest BCUT2D eigenvalue weighted by molar-refractivity contribution is -0.120. The van der Waals surface area contributed by atoms with E-state index in [4.69, 9.17) is 16.0 Å². The number of nitrogens with two attached hydrogens (primary N) is 2. The van der Waals surface area contributed by atoms with E-state index in [0.29, 0.717) is 17.3 Å². The van der Waals surface area contributed by atoms with Gasteiger partial charge in [0.15, 0.2) is 5.82 Å². The summed E-state index contributed by atoms with van der Waals surface area (Å²) in [5.74, 6) is 0.694. The fraction of sp³-hybridized carbons (Fsp3) is 0.318. The second-order valence-corrected chi connectivity index (χ2v) is 8.33. The summed E-state index contributed by atoms with van der Waals surface area (Å²) in [5.41, 5.74) is 13.4. The zero-order valence-corrected chi connectivity index (χ0v) is 18.8. The van der Waals surface area contributed by atoms with E-state index in [-0.39, 0.29) is 11.9 Å². The van der Waals surface area contributed by atoms with Crippen LogP contribution < -0.4 is 11.5 Å². The Morgan fingerprint density at radius 1 is 1.06 bits per heavy atom. The van der Waals surface area contributed by atoms with Crippen LogP contribution in [0.2, 0.25) is 0 Å². The van der Waals surface area contributed by atoms with Crippen LogP contribution in [0, 0.1) is 5.92 Å². The maximum absolute atomic E-state index is 11.4. The number of nitrogens with zero attached hydrogens (tertiary/aromatic N) is 7. The fourth-order valence-electron chi connectivity index (χ4n) is 3.41. The van der Waals surface area contributed by atoms with Gasteiger partial charge >= 0.3 is 0 Å². The molecule has 11 heteroatoms. The number of pyridine rings is 1. The molecule has 33 heavy (non-hydrogen) atoms. The van der Waals surface area contributed by atoms with Crippen molar-refractivity contribution in [3.63, 3.8) is 0 Å². The Balaban J connectivity index is 1.65. The molecule has 0 fully saturated rings. The third-order valence-corrected chi connectivity index (χ3v) is 6.03. The van der Waals surface area contributed by atoms with Crippen LogP contribution in [-0.2, 0) is 10.2 Å². The molecule has 4 N–H and O–H groups in total. The summed E-state index contributed by atoms with van der Waals surface area (Å²) >= 11 is 0. The standard InChI is InChI=1S/C22H25N9O2/c1-12(2)22(4,16-5-6-17(25-10-16)14-7-26-21(24)27-8-14)20-29-19(33-30-20)15-9-28-31(11-15)13(3)18(23)32/h5-13H,1-4H3,(H2,23,32)(H2,24,26,27). The van der Waals surface area contributed by atoms with E-state index in [2.05, 4.69) is 44.0 Å². The largest absolute Gasteiger partial charge is 0.368 e. The monoisotopic (exact) mass is 447 g/mol. The Morgan fingerprint density at radius 3 is 2.39 bits per heavy atom. The molecule has 0 aliphatic carbocycles. The maximum atomic E-state index is 11.4. The number of nitrogen functional groups attached to an aromatic ring is 1. The molecule has 4 heterocycles. The van der Waals surface area contributed by atoms with Crippen molar-refractivity contribution in [1.29, 1.82) is 0 Å². The van der Waals surface area contributed by atoms with Crippen molar-refractivity contribution in [2.75, 3.05) is 5.73 Å². The fourth-order valence-corrected chi connectivity index (χ4v) is 3.41. The van der Waals surface area contributed by atoms with Crippen LogP contribution in [0.4, 0.5) is 5.95 Å². The first kappa shape index (κ1) is 22.1. The Morgan fingerprint density at radius 2 is 1.79 bits per heavy atom. The molecule has 2 unspecified atom stereocenters. The molecular formula is C22H25N9O2. The molecule has 4 aromatic heterocycles. The molecule has 2 atom stereocenters. The van der Waals surface area contributed by atoms with Crippen LogP contribution in [0.1, 0.15) is 45.1 Å². The van der Waals surface area contributed by atoms with Crippen molar-refractivity contribution in [3.8, 4) is 22.7 Å². The summed E-state index contributed by atoms with van der Waals surface area (Å²) in [5, 5.41) is 8.45. The normalized spacial score (nSPS) is 14.2. The Kier molecular flexibility index (Phi) is 5.62. The van der Waals surface area contributed by atoms with E-state index in [1.807, 2.05) is 19.1 Å². The Labute approximate surface area is 190 Å². The molecule has 0 bridgehead atoms. The lowest BCUT2D eigenvalue weighted by Gasteiger charge is -2.30. The average molecular weight is 448 g/mol. The van der Waals surface area contributed by atoms with E-state index in [0.717, 1.165) is 16.8 Å². The van der Waals surface area contributed by atoms with Crippen molar-refractivity contribution >= 4 is 11.9 Å². The summed E-state index contributed by atoms with van der Waals surface area (Å²) in [6, 6.07) is 3.31. The minimum absolute atomic E-state index is 0.132. The molecule has 0 saturated carbocycles. The molecule has 170 valence electrons. The lowest BCUT2D eigenvalue weighted by atomic mass is 9.73. The highest BCUT2D eigenvalue weighted by atomic mass is 16.5. The van der Waals surface area contributed by atoms with E-state index < -0.39 is 17.4 Å². The topological polar surface area (TPSA) is 165 Å². The van der Waals surface area contributed by atoms with Gasteiger partial charge in [-0.3, -0.25) is 14.5 Å². The van der Waals surface area contributed by atoms with Gasteiger partial charge in [0.1, 0.15) is 6.04 Å². The van der Waals surface area contributed by atoms with Crippen LogP contribution in [0.25, 0.3) is 22.7 Å². The van der Waals surface area contributed by atoms with Gasteiger partial charge in [0, 0.05) is 30.4 Å². The lowest BCUT2D eigenvalue weighted by Crippen LogP contribution is -2.31. The third-order valence-electron chi connectivity index (χ3n) is 6.03. The highest BCUT2D eigenvalue weighted by Crippen LogP contribution is 2.38. The number of hydrogen-bond donors (Lipinski definition) is 2. The molecule has 0 aliphatic heterocycles. The number of primary amides is 1. The summed E-state index contributed by atoms with van der Waals surface area (Å²) < 4.78 is 7.01. The maximum Gasteiger partial charge on any atom is 0.261 e. The highest BCUT2D eigenvalue weighted by molar-refractivity contribution is 5.77. The van der Waals surface area contributed by atoms with Crippen molar-refractivity contribution in [2.24, 2.45) is 11.7 Å². The molecule has 4 rings (SSSR count). The van der Waals surface area contributed by atoms with Gasteiger partial charge in [-0.05, 0) is 31.4 Å². The van der Waals surface area contributed by atoms with Crippen molar-refractivity contribution in [1.82, 2.24) is 34.9 Å². The predicted molar refractivity (Wildman–Crippen MR) is 120 cm³/mol. The van der Waals surface area contributed by atoms with Crippen molar-refractivity contribution < 1.29 is 9.32 Å². The van der Waals surface area contributed by atoms with Crippen LogP contribution in [0.5, 0.6) is 0 Å². The molecule has 4 aromatic rings. The van der Waals surface area contributed by atoms with Gasteiger partial charge in [0.2, 0.25) is 11.9 Å². The van der Waals surface area contributed by atoms with Crippen LogP contribution in [0.15, 0.2) is 47.6 Å². The van der Waals surface area contributed by atoms with Crippen LogP contribution in [-0.4, -0.2) is 40.8 Å². The van der Waals surface area contributed by atoms with Gasteiger partial charge in [-0.2, -0.15) is 10.1 Å². The smallest absolute Gasteiger partial charge is 0.261 e. The summed E-state index contributed by atoms with van der Waals surface area (Å²) in [6.45, 7) is 7.89. The second-order valence-electron chi connectivity index (χ2n) is 8.33. The zero-order valence-electron chi connectivity index (χ0n) is 18.8. The van der Waals surface area contributed by atoms with Crippen molar-refractivity contribution in [2.45, 2.75) is 39.2 Å². The number of amides is 1. The predicted octanol–water partition coefficient (Wildman–Crippen LogP) is 2.38. The minimum Gasteiger partial charge on any atom is -0.368 e. The van der Waals surface area contributed by atoms with Crippen molar-refractivity contribution in [3.05, 3.63) is 54.5 Å². The molecular weight excluding hydrogens is 422 g/mol. The van der Waals surface area contributed by atoms with Gasteiger partial charge in [-0.15, -0.1) is 0 Å². The minimum atomic E-state index is -0.585. The second kappa shape index (κ2) is 8.41. The number of carbonyl (C=O) groups excluding carboxylic acids is 1. The van der Waals surface area contributed by atoms with E-state index in [9.17, 15) is 4.79 Å². The summed E-state index contributed by atoms with van der Waals surface area (Å²) in [7, 11) is 0. The molecule has 0 radical (unpaired) electrons. The molecule has 0 aliphatic rings. The van der Waals surface area contributed by atoms with Crippen LogP contribution >= 0.6 is 0 Å². The Hall–Kier alpha value is -4.15. The number of carbonyl (C=O) groups is 1. The third kappa shape index (κ3) is 4.04. The average Bonchev–Trinajstić information content (AvgIpc) is 3.48. The molecule has 1 amide bonds. The number of aromatic nitrogens is 7. The Bertz CT molecular complexity index is 1260. The molecule has 0 saturated heterocycles. The first-order chi connectivity index (χ1) is 15.7.